The fourth-order valence-corrected chi connectivity index (χ4v) is 14.5. The van der Waals surface area contributed by atoms with Crippen molar-refractivity contribution in [2.24, 2.45) is 11.8 Å². The SMILES string of the molecule is CCCCCCCCCCCCCCCCCCCCCCC(=O)OC[C@H](COP(=O)(O)OC[C@@H](O)COP(=O)(O)OC[C@@H](COC(=O)CCCCCCCCC(C)C)OC(=O)CCCCCCCCCCCCC(C)C)OC(=O)CCCCCCCCCCCCCCCCCCCCCC. The Hall–Kier alpha value is -1.94. The number of unbranched alkanes of at least 4 members (excludes halogenated alkanes) is 52. The van der Waals surface area contributed by atoms with Crippen LogP contribution in [0.2, 0.25) is 0 Å². The van der Waals surface area contributed by atoms with Gasteiger partial charge in [0.25, 0.3) is 0 Å². The third-order valence-electron chi connectivity index (χ3n) is 19.5. The van der Waals surface area contributed by atoms with Crippen LogP contribution in [0.1, 0.15) is 440 Å². The number of esters is 4. The zero-order valence-corrected chi connectivity index (χ0v) is 68.7. The Balaban J connectivity index is 5.20. The van der Waals surface area contributed by atoms with Gasteiger partial charge in [0.2, 0.25) is 0 Å². The zero-order chi connectivity index (χ0) is 74.9. The molecule has 17 nitrogen and oxygen atoms in total. The van der Waals surface area contributed by atoms with Gasteiger partial charge in [-0.25, -0.2) is 9.13 Å². The van der Waals surface area contributed by atoms with E-state index < -0.39 is 97.5 Å². The topological polar surface area (TPSA) is 237 Å². The highest BCUT2D eigenvalue weighted by Gasteiger charge is 2.30. The summed E-state index contributed by atoms with van der Waals surface area (Å²) in [5.41, 5.74) is 0. The number of hydrogen-bond acceptors (Lipinski definition) is 15. The van der Waals surface area contributed by atoms with Gasteiger partial charge in [0.15, 0.2) is 12.2 Å². The maximum Gasteiger partial charge on any atom is 0.472 e. The number of carbonyl (C=O) groups excluding carboxylic acids is 4. The molecular weight excluding hydrogens is 1330 g/mol. The summed E-state index contributed by atoms with van der Waals surface area (Å²) in [6, 6.07) is 0. The van der Waals surface area contributed by atoms with E-state index in [1.54, 1.807) is 0 Å². The van der Waals surface area contributed by atoms with Crippen LogP contribution in [0.5, 0.6) is 0 Å². The number of phosphoric acid groups is 2. The number of aliphatic hydroxyl groups is 1. The van der Waals surface area contributed by atoms with Crippen LogP contribution < -0.4 is 0 Å². The van der Waals surface area contributed by atoms with Gasteiger partial charge in [0.1, 0.15) is 19.3 Å². The van der Waals surface area contributed by atoms with E-state index in [1.807, 2.05) is 0 Å². The molecule has 3 N–H and O–H groups in total. The predicted molar refractivity (Wildman–Crippen MR) is 418 cm³/mol. The molecule has 0 aromatic rings. The monoisotopic (exact) mass is 1490 g/mol. The van der Waals surface area contributed by atoms with Gasteiger partial charge in [-0.2, -0.15) is 0 Å². The maximum absolute atomic E-state index is 13.1. The van der Waals surface area contributed by atoms with Crippen molar-refractivity contribution in [3.63, 3.8) is 0 Å². The molecule has 0 fully saturated rings. The summed E-state index contributed by atoms with van der Waals surface area (Å²) < 4.78 is 68.7. The molecule has 5 atom stereocenters. The summed E-state index contributed by atoms with van der Waals surface area (Å²) in [5.74, 6) is -0.679. The first-order valence-electron chi connectivity index (χ1n) is 43.0. The number of hydrogen-bond donors (Lipinski definition) is 3. The molecule has 0 rings (SSSR count). The first kappa shape index (κ1) is 100. The lowest BCUT2D eigenvalue weighted by Crippen LogP contribution is -2.30. The fourth-order valence-electron chi connectivity index (χ4n) is 12.9. The van der Waals surface area contributed by atoms with E-state index in [0.717, 1.165) is 102 Å². The van der Waals surface area contributed by atoms with Crippen LogP contribution in [0.15, 0.2) is 0 Å². The number of rotatable bonds is 82. The van der Waals surface area contributed by atoms with Crippen molar-refractivity contribution in [1.29, 1.82) is 0 Å². The largest absolute Gasteiger partial charge is 0.472 e. The highest BCUT2D eigenvalue weighted by atomic mass is 31.2. The summed E-state index contributed by atoms with van der Waals surface area (Å²) in [6.45, 7) is 9.55. The van der Waals surface area contributed by atoms with Crippen molar-refractivity contribution in [3.8, 4) is 0 Å². The van der Waals surface area contributed by atoms with Gasteiger partial charge in [0.05, 0.1) is 26.4 Å². The second-order valence-corrected chi connectivity index (χ2v) is 33.7. The van der Waals surface area contributed by atoms with Gasteiger partial charge in [-0.15, -0.1) is 0 Å². The van der Waals surface area contributed by atoms with Crippen molar-refractivity contribution in [2.75, 3.05) is 39.6 Å². The standard InChI is InChI=1S/C83H162O17P2/c1-7-9-11-13-15-17-19-21-23-25-27-29-31-33-35-37-42-46-53-59-65-80(85)93-71-78(99-82(87)67-61-55-47-43-38-36-34-32-30-28-26-24-22-20-18-16-14-12-10-8-2)73-97-101(89,90)95-69-77(84)70-96-102(91,92)98-74-79(72-94-81(86)66-60-54-50-49-52-58-64-76(5)6)100-83(88)68-62-56-48-44-40-39-41-45-51-57-63-75(3)4/h75-79,84H,7-74H2,1-6H3,(H,89,90)(H,91,92)/t77-,78-,79-/m1/s1. The molecule has 0 saturated carbocycles. The van der Waals surface area contributed by atoms with Gasteiger partial charge in [0, 0.05) is 25.7 Å². The Morgan fingerprint density at radius 1 is 0.265 bits per heavy atom. The molecule has 0 amide bonds. The first-order chi connectivity index (χ1) is 49.4. The smallest absolute Gasteiger partial charge is 0.462 e. The summed E-state index contributed by atoms with van der Waals surface area (Å²) in [7, 11) is -9.92. The van der Waals surface area contributed by atoms with E-state index in [0.29, 0.717) is 31.6 Å². The molecule has 0 aromatic carbocycles. The van der Waals surface area contributed by atoms with Crippen LogP contribution in [0.25, 0.3) is 0 Å². The van der Waals surface area contributed by atoms with E-state index in [-0.39, 0.29) is 25.7 Å². The molecule has 0 saturated heterocycles. The molecule has 0 aliphatic rings. The van der Waals surface area contributed by atoms with E-state index in [4.69, 9.17) is 37.0 Å². The third kappa shape index (κ3) is 76.3. The Labute approximate surface area is 626 Å². The number of ether oxygens (including phenoxy) is 4. The fraction of sp³-hybridized carbons (Fsp3) is 0.952. The average Bonchev–Trinajstić information content (AvgIpc) is 0.926. The van der Waals surface area contributed by atoms with Crippen molar-refractivity contribution in [2.45, 2.75) is 458 Å². The van der Waals surface area contributed by atoms with Gasteiger partial charge >= 0.3 is 39.5 Å². The van der Waals surface area contributed by atoms with Crippen LogP contribution >= 0.6 is 15.6 Å². The van der Waals surface area contributed by atoms with E-state index in [2.05, 4.69) is 41.5 Å². The van der Waals surface area contributed by atoms with Crippen molar-refractivity contribution in [3.05, 3.63) is 0 Å². The molecule has 0 aliphatic heterocycles. The van der Waals surface area contributed by atoms with Crippen LogP contribution in [-0.4, -0.2) is 96.7 Å². The van der Waals surface area contributed by atoms with Crippen LogP contribution in [0.3, 0.4) is 0 Å². The van der Waals surface area contributed by atoms with Gasteiger partial charge < -0.3 is 33.8 Å². The van der Waals surface area contributed by atoms with Crippen molar-refractivity contribution < 1.29 is 80.2 Å². The second-order valence-electron chi connectivity index (χ2n) is 30.8. The van der Waals surface area contributed by atoms with Crippen molar-refractivity contribution >= 4 is 39.5 Å². The lowest BCUT2D eigenvalue weighted by atomic mass is 10.0. The summed E-state index contributed by atoms with van der Waals surface area (Å²) in [4.78, 5) is 73.0. The summed E-state index contributed by atoms with van der Waals surface area (Å²) >= 11 is 0. The number of aliphatic hydroxyl groups excluding tert-OH is 1. The van der Waals surface area contributed by atoms with E-state index >= 15 is 0 Å². The zero-order valence-electron chi connectivity index (χ0n) is 66.9. The van der Waals surface area contributed by atoms with Crippen LogP contribution in [0.4, 0.5) is 0 Å². The molecule has 606 valence electrons. The summed E-state index contributed by atoms with van der Waals surface area (Å²) in [5, 5.41) is 10.6. The molecule has 0 spiro atoms. The second kappa shape index (κ2) is 74.5. The molecule has 0 heterocycles. The highest BCUT2D eigenvalue weighted by Crippen LogP contribution is 2.45. The lowest BCUT2D eigenvalue weighted by molar-refractivity contribution is -0.161. The Morgan fingerprint density at radius 2 is 0.451 bits per heavy atom. The third-order valence-corrected chi connectivity index (χ3v) is 21.4. The number of phosphoric ester groups is 2. The molecule has 0 radical (unpaired) electrons. The van der Waals surface area contributed by atoms with Gasteiger partial charge in [-0.1, -0.05) is 388 Å². The van der Waals surface area contributed by atoms with E-state index in [1.165, 1.54) is 250 Å². The molecule has 0 aromatic heterocycles. The Morgan fingerprint density at radius 3 is 0.667 bits per heavy atom. The molecule has 0 bridgehead atoms. The molecule has 19 heteroatoms. The molecule has 2 unspecified atom stereocenters. The van der Waals surface area contributed by atoms with Crippen molar-refractivity contribution in [1.82, 2.24) is 0 Å². The normalized spacial score (nSPS) is 13.9. The highest BCUT2D eigenvalue weighted by molar-refractivity contribution is 7.47. The van der Waals surface area contributed by atoms with Crippen LogP contribution in [-0.2, 0) is 65.4 Å². The van der Waals surface area contributed by atoms with Crippen LogP contribution in [0, 0.1) is 11.8 Å². The lowest BCUT2D eigenvalue weighted by Gasteiger charge is -2.21. The Bertz CT molecular complexity index is 1960. The minimum Gasteiger partial charge on any atom is -0.462 e. The molecular formula is C83H162O17P2. The predicted octanol–water partition coefficient (Wildman–Crippen LogP) is 25.1. The van der Waals surface area contributed by atoms with Gasteiger partial charge in [-0.05, 0) is 37.5 Å². The summed E-state index contributed by atoms with van der Waals surface area (Å²) in [6.07, 6.45) is 65.6. The van der Waals surface area contributed by atoms with Gasteiger partial charge in [-0.3, -0.25) is 37.3 Å². The van der Waals surface area contributed by atoms with E-state index in [9.17, 15) is 43.2 Å². The Kier molecular flexibility index (Phi) is 73.1. The number of carbonyl (C=O) groups is 4. The molecule has 102 heavy (non-hydrogen) atoms. The maximum atomic E-state index is 13.1. The quantitative estimate of drug-likeness (QED) is 0.0222. The molecule has 0 aliphatic carbocycles. The minimum absolute atomic E-state index is 0.105. The first-order valence-corrected chi connectivity index (χ1v) is 46.0. The average molecular weight is 1490 g/mol. The minimum atomic E-state index is -4.96.